The molecule has 1 amide bonds. The van der Waals surface area contributed by atoms with Crippen LogP contribution in [-0.4, -0.2) is 27.1 Å². The number of carbonyl (C=O) groups is 1. The quantitative estimate of drug-likeness (QED) is 0.769. The Balaban J connectivity index is 2.04. The van der Waals surface area contributed by atoms with Gasteiger partial charge in [0.15, 0.2) is 0 Å². The number of carbonyl (C=O) groups excluding carboxylic acids is 1. The largest absolute Gasteiger partial charge is 0.325 e. The summed E-state index contributed by atoms with van der Waals surface area (Å²) in [5, 5.41) is 2.66. The van der Waals surface area contributed by atoms with E-state index in [1.165, 1.54) is 37.0 Å². The van der Waals surface area contributed by atoms with Crippen molar-refractivity contribution in [3.05, 3.63) is 53.8 Å². The van der Waals surface area contributed by atoms with Gasteiger partial charge in [-0.1, -0.05) is 6.07 Å². The molecule has 0 spiro atoms. The van der Waals surface area contributed by atoms with Crippen LogP contribution in [0.5, 0.6) is 0 Å². The van der Waals surface area contributed by atoms with Gasteiger partial charge in [0, 0.05) is 10.6 Å². The van der Waals surface area contributed by atoms with Gasteiger partial charge >= 0.3 is 0 Å². The Morgan fingerprint density at radius 2 is 1.83 bits per heavy atom. The lowest BCUT2D eigenvalue weighted by Crippen LogP contribution is -2.20. The molecule has 0 aromatic heterocycles. The molecule has 128 valence electrons. The third-order valence-electron chi connectivity index (χ3n) is 3.21. The normalized spacial score (nSPS) is 11.3. The second kappa shape index (κ2) is 7.78. The second-order valence-electron chi connectivity index (χ2n) is 4.98. The third-order valence-corrected chi connectivity index (χ3v) is 5.78. The maximum Gasteiger partial charge on any atom is 0.240 e. The Kier molecular flexibility index (Phi) is 5.98. The number of thioether (sulfide) groups is 1. The molecule has 2 aromatic rings. The number of amides is 1. The molecule has 2 aromatic carbocycles. The zero-order valence-electron chi connectivity index (χ0n) is 13.2. The fourth-order valence-electron chi connectivity index (χ4n) is 1.95. The Bertz CT molecular complexity index is 837. The molecule has 0 radical (unpaired) electrons. The molecule has 5 nitrogen and oxygen atoms in total. The molecule has 0 aliphatic rings. The van der Waals surface area contributed by atoms with E-state index in [2.05, 4.69) is 10.0 Å². The van der Waals surface area contributed by atoms with Crippen molar-refractivity contribution in [1.29, 1.82) is 0 Å². The molecule has 0 atom stereocenters. The van der Waals surface area contributed by atoms with Gasteiger partial charge in [-0.05, 0) is 55.9 Å². The molecule has 0 saturated heterocycles. The molecular weight excluding hydrogens is 351 g/mol. The summed E-state index contributed by atoms with van der Waals surface area (Å²) < 4.78 is 39.0. The van der Waals surface area contributed by atoms with Crippen molar-refractivity contribution in [1.82, 2.24) is 4.72 Å². The van der Waals surface area contributed by atoms with Crippen LogP contribution in [0.3, 0.4) is 0 Å². The topological polar surface area (TPSA) is 75.3 Å². The molecular formula is C16H17FN2O3S2. The maximum atomic E-state index is 12.8. The number of sulfonamides is 1. The number of hydrogen-bond donors (Lipinski definition) is 2. The predicted octanol–water partition coefficient (Wildman–Crippen LogP) is 2.77. The molecule has 0 bridgehead atoms. The number of halogens is 1. The van der Waals surface area contributed by atoms with Crippen molar-refractivity contribution < 1.29 is 17.6 Å². The summed E-state index contributed by atoms with van der Waals surface area (Å²) in [4.78, 5) is 12.9. The van der Waals surface area contributed by atoms with Gasteiger partial charge in [-0.2, -0.15) is 0 Å². The van der Waals surface area contributed by atoms with Gasteiger partial charge in [0.05, 0.1) is 10.6 Å². The molecule has 24 heavy (non-hydrogen) atoms. The van der Waals surface area contributed by atoms with Crippen LogP contribution in [0.2, 0.25) is 0 Å². The summed E-state index contributed by atoms with van der Waals surface area (Å²) in [5.41, 5.74) is 0.988. The van der Waals surface area contributed by atoms with Crippen molar-refractivity contribution in [3.8, 4) is 0 Å². The smallest absolute Gasteiger partial charge is 0.240 e. The van der Waals surface area contributed by atoms with E-state index in [4.69, 9.17) is 0 Å². The first kappa shape index (κ1) is 18.4. The summed E-state index contributed by atoms with van der Waals surface area (Å²) in [5.74, 6) is -0.476. The van der Waals surface area contributed by atoms with Crippen molar-refractivity contribution in [2.45, 2.75) is 16.7 Å². The van der Waals surface area contributed by atoms with Gasteiger partial charge in [-0.25, -0.2) is 17.5 Å². The predicted molar refractivity (Wildman–Crippen MR) is 93.2 cm³/mol. The van der Waals surface area contributed by atoms with Gasteiger partial charge in [0.1, 0.15) is 5.82 Å². The van der Waals surface area contributed by atoms with Crippen molar-refractivity contribution >= 4 is 33.4 Å². The maximum absolute atomic E-state index is 12.8. The molecule has 8 heteroatoms. The number of anilines is 1. The standard InChI is InChI=1S/C16H17FN2O3S2/c1-11-3-6-13(9-15(11)24(21,22)18-2)19-16(20)10-23-14-7-4-12(17)5-8-14/h3-9,18H,10H2,1-2H3,(H,19,20). The van der Waals surface area contributed by atoms with Crippen LogP contribution >= 0.6 is 11.8 Å². The Morgan fingerprint density at radius 3 is 2.46 bits per heavy atom. The van der Waals surface area contributed by atoms with Crippen molar-refractivity contribution in [2.75, 3.05) is 18.1 Å². The fraction of sp³-hybridized carbons (Fsp3) is 0.188. The number of nitrogens with one attached hydrogen (secondary N) is 2. The minimum Gasteiger partial charge on any atom is -0.325 e. The van der Waals surface area contributed by atoms with E-state index in [0.717, 1.165) is 4.90 Å². The van der Waals surface area contributed by atoms with Crippen molar-refractivity contribution in [2.24, 2.45) is 0 Å². The number of aryl methyl sites for hydroxylation is 1. The molecule has 0 aliphatic heterocycles. The lowest BCUT2D eigenvalue weighted by molar-refractivity contribution is -0.113. The highest BCUT2D eigenvalue weighted by Crippen LogP contribution is 2.21. The van der Waals surface area contributed by atoms with Gasteiger partial charge in [-0.3, -0.25) is 4.79 Å². The lowest BCUT2D eigenvalue weighted by Gasteiger charge is -2.10. The molecule has 0 saturated carbocycles. The first-order chi connectivity index (χ1) is 11.3. The summed E-state index contributed by atoms with van der Waals surface area (Å²) in [6.07, 6.45) is 0. The average molecular weight is 368 g/mol. The number of hydrogen-bond acceptors (Lipinski definition) is 4. The highest BCUT2D eigenvalue weighted by Gasteiger charge is 2.15. The van der Waals surface area contributed by atoms with Gasteiger partial charge in [0.25, 0.3) is 0 Å². The van der Waals surface area contributed by atoms with Crippen LogP contribution < -0.4 is 10.0 Å². The van der Waals surface area contributed by atoms with Gasteiger partial charge in [0.2, 0.25) is 15.9 Å². The van der Waals surface area contributed by atoms with Crippen LogP contribution in [0.25, 0.3) is 0 Å². The van der Waals surface area contributed by atoms with E-state index in [0.29, 0.717) is 11.3 Å². The number of benzene rings is 2. The highest BCUT2D eigenvalue weighted by atomic mass is 32.2. The molecule has 2 rings (SSSR count). The van der Waals surface area contributed by atoms with E-state index in [1.807, 2.05) is 0 Å². The first-order valence-corrected chi connectivity index (χ1v) is 9.51. The van der Waals surface area contributed by atoms with Crippen LogP contribution in [0.15, 0.2) is 52.3 Å². The number of rotatable bonds is 6. The monoisotopic (exact) mass is 368 g/mol. The van der Waals surface area contributed by atoms with Crippen LogP contribution in [-0.2, 0) is 14.8 Å². The summed E-state index contributed by atoms with van der Waals surface area (Å²) in [6, 6.07) is 10.5. The zero-order valence-corrected chi connectivity index (χ0v) is 14.8. The summed E-state index contributed by atoms with van der Waals surface area (Å²) in [7, 11) is -2.26. The van der Waals surface area contributed by atoms with Crippen LogP contribution in [0, 0.1) is 12.7 Å². The highest BCUT2D eigenvalue weighted by molar-refractivity contribution is 8.00. The molecule has 0 aliphatic carbocycles. The van der Waals surface area contributed by atoms with Crippen LogP contribution in [0.1, 0.15) is 5.56 Å². The van der Waals surface area contributed by atoms with Crippen LogP contribution in [0.4, 0.5) is 10.1 Å². The average Bonchev–Trinajstić information content (AvgIpc) is 2.56. The van der Waals surface area contributed by atoms with Gasteiger partial charge < -0.3 is 5.32 Å². The minimum absolute atomic E-state index is 0.119. The third kappa shape index (κ3) is 4.80. The van der Waals surface area contributed by atoms with E-state index >= 15 is 0 Å². The van der Waals surface area contributed by atoms with E-state index in [1.54, 1.807) is 31.2 Å². The Hall–Kier alpha value is -1.90. The molecule has 0 unspecified atom stereocenters. The van der Waals surface area contributed by atoms with E-state index in [-0.39, 0.29) is 22.4 Å². The van der Waals surface area contributed by atoms with Crippen molar-refractivity contribution in [3.63, 3.8) is 0 Å². The Morgan fingerprint density at radius 1 is 1.17 bits per heavy atom. The molecule has 0 fully saturated rings. The second-order valence-corrected chi connectivity index (χ2v) is 7.88. The molecule has 2 N–H and O–H groups in total. The molecule has 0 heterocycles. The zero-order chi connectivity index (χ0) is 17.7. The van der Waals surface area contributed by atoms with Gasteiger partial charge in [-0.15, -0.1) is 11.8 Å². The minimum atomic E-state index is -3.59. The fourth-order valence-corrected chi connectivity index (χ4v) is 3.65. The summed E-state index contributed by atoms with van der Waals surface area (Å²) >= 11 is 1.26. The SMILES string of the molecule is CNS(=O)(=O)c1cc(NC(=O)CSc2ccc(F)cc2)ccc1C. The first-order valence-electron chi connectivity index (χ1n) is 7.04. The summed E-state index contributed by atoms with van der Waals surface area (Å²) in [6.45, 7) is 1.68. The van der Waals surface area contributed by atoms with E-state index in [9.17, 15) is 17.6 Å². The Labute approximate surface area is 144 Å². The lowest BCUT2D eigenvalue weighted by atomic mass is 10.2. The van der Waals surface area contributed by atoms with E-state index < -0.39 is 10.0 Å².